The second-order valence-corrected chi connectivity index (χ2v) is 6.72. The number of fused-ring (bicyclic) bond motifs is 2. The SMILES string of the molecule is COC(=O)C1(NC(=O)OCc2ccccc2)CC2CCC(C1)N2C. The number of methoxy groups -OCH3 is 1. The molecule has 2 aliphatic heterocycles. The van der Waals surface area contributed by atoms with Crippen LogP contribution in [0.4, 0.5) is 4.79 Å². The van der Waals surface area contributed by atoms with Gasteiger partial charge in [-0.05, 0) is 38.3 Å². The van der Waals surface area contributed by atoms with Crippen molar-refractivity contribution in [3.05, 3.63) is 35.9 Å². The summed E-state index contributed by atoms with van der Waals surface area (Å²) in [5.41, 5.74) is -0.0795. The van der Waals surface area contributed by atoms with E-state index in [-0.39, 0.29) is 24.7 Å². The lowest BCUT2D eigenvalue weighted by molar-refractivity contribution is -0.151. The van der Waals surface area contributed by atoms with Crippen LogP contribution in [-0.4, -0.2) is 48.7 Å². The first kappa shape index (κ1) is 16.8. The minimum Gasteiger partial charge on any atom is -0.467 e. The van der Waals surface area contributed by atoms with Gasteiger partial charge < -0.3 is 19.7 Å². The molecular weight excluding hydrogens is 308 g/mol. The first-order valence-electron chi connectivity index (χ1n) is 8.33. The molecule has 24 heavy (non-hydrogen) atoms. The fourth-order valence-electron chi connectivity index (χ4n) is 3.94. The molecule has 1 aromatic rings. The normalized spacial score (nSPS) is 29.1. The molecule has 130 valence electrons. The molecule has 6 heteroatoms. The Labute approximate surface area is 142 Å². The molecular formula is C18H24N2O4. The van der Waals surface area contributed by atoms with Crippen LogP contribution in [0.5, 0.6) is 0 Å². The third-order valence-corrected chi connectivity index (χ3v) is 5.28. The molecule has 0 aromatic heterocycles. The molecule has 1 aromatic carbocycles. The summed E-state index contributed by atoms with van der Waals surface area (Å²) in [5.74, 6) is -0.385. The highest BCUT2D eigenvalue weighted by Gasteiger charge is 2.53. The number of amides is 1. The Morgan fingerprint density at radius 3 is 2.42 bits per heavy atom. The standard InChI is InChI=1S/C18H24N2O4/c1-20-14-8-9-15(20)11-18(10-14,16(21)23-2)19-17(22)24-12-13-6-4-3-5-7-13/h3-7,14-15H,8-12H2,1-2H3,(H,19,22). The zero-order valence-electron chi connectivity index (χ0n) is 14.2. The molecule has 0 saturated carbocycles. The Hall–Kier alpha value is -2.08. The number of esters is 1. The van der Waals surface area contributed by atoms with E-state index in [2.05, 4.69) is 17.3 Å². The zero-order chi connectivity index (χ0) is 17.2. The number of carbonyl (C=O) groups excluding carboxylic acids is 2. The van der Waals surface area contributed by atoms with Gasteiger partial charge in [-0.3, -0.25) is 0 Å². The van der Waals surface area contributed by atoms with E-state index in [1.165, 1.54) is 7.11 Å². The Bertz CT molecular complexity index is 590. The number of carbonyl (C=O) groups is 2. The van der Waals surface area contributed by atoms with Crippen LogP contribution >= 0.6 is 0 Å². The molecule has 6 nitrogen and oxygen atoms in total. The van der Waals surface area contributed by atoms with Gasteiger partial charge >= 0.3 is 12.1 Å². The van der Waals surface area contributed by atoms with Crippen molar-refractivity contribution in [2.75, 3.05) is 14.2 Å². The topological polar surface area (TPSA) is 67.9 Å². The number of rotatable bonds is 4. The predicted molar refractivity (Wildman–Crippen MR) is 88.3 cm³/mol. The van der Waals surface area contributed by atoms with Crippen molar-refractivity contribution < 1.29 is 19.1 Å². The maximum atomic E-state index is 12.4. The van der Waals surface area contributed by atoms with Gasteiger partial charge in [0.2, 0.25) is 0 Å². The first-order valence-corrected chi connectivity index (χ1v) is 8.33. The van der Waals surface area contributed by atoms with Crippen LogP contribution in [0.3, 0.4) is 0 Å². The predicted octanol–water partition coefficient (Wildman–Crippen LogP) is 2.08. The van der Waals surface area contributed by atoms with E-state index in [0.29, 0.717) is 12.8 Å². The lowest BCUT2D eigenvalue weighted by Crippen LogP contribution is -2.62. The van der Waals surface area contributed by atoms with E-state index in [1.54, 1.807) is 0 Å². The van der Waals surface area contributed by atoms with Gasteiger partial charge in [0.15, 0.2) is 0 Å². The van der Waals surface area contributed by atoms with Gasteiger partial charge in [0.25, 0.3) is 0 Å². The highest BCUT2D eigenvalue weighted by molar-refractivity contribution is 5.86. The average molecular weight is 332 g/mol. The highest BCUT2D eigenvalue weighted by Crippen LogP contribution is 2.40. The van der Waals surface area contributed by atoms with Gasteiger partial charge in [0, 0.05) is 12.1 Å². The monoisotopic (exact) mass is 332 g/mol. The Morgan fingerprint density at radius 2 is 1.83 bits per heavy atom. The lowest BCUT2D eigenvalue weighted by atomic mass is 9.83. The summed E-state index contributed by atoms with van der Waals surface area (Å²) in [6.45, 7) is 0.177. The van der Waals surface area contributed by atoms with Crippen molar-refractivity contribution in [3.8, 4) is 0 Å². The van der Waals surface area contributed by atoms with E-state index in [9.17, 15) is 9.59 Å². The zero-order valence-corrected chi connectivity index (χ0v) is 14.2. The minimum absolute atomic E-state index is 0.177. The minimum atomic E-state index is -0.985. The molecule has 2 unspecified atom stereocenters. The van der Waals surface area contributed by atoms with Crippen molar-refractivity contribution in [2.24, 2.45) is 0 Å². The van der Waals surface area contributed by atoms with E-state index in [4.69, 9.17) is 9.47 Å². The molecule has 3 rings (SSSR count). The van der Waals surface area contributed by atoms with Gasteiger partial charge in [-0.2, -0.15) is 0 Å². The molecule has 2 aliphatic rings. The van der Waals surface area contributed by atoms with Crippen LogP contribution in [0.25, 0.3) is 0 Å². The van der Waals surface area contributed by atoms with Crippen molar-refractivity contribution in [1.29, 1.82) is 0 Å². The molecule has 2 heterocycles. The van der Waals surface area contributed by atoms with Crippen LogP contribution in [0, 0.1) is 0 Å². The van der Waals surface area contributed by atoms with E-state index in [0.717, 1.165) is 18.4 Å². The maximum Gasteiger partial charge on any atom is 0.408 e. The third-order valence-electron chi connectivity index (χ3n) is 5.28. The van der Waals surface area contributed by atoms with Gasteiger partial charge in [0.05, 0.1) is 7.11 Å². The molecule has 0 spiro atoms. The molecule has 2 fully saturated rings. The largest absolute Gasteiger partial charge is 0.467 e. The highest BCUT2D eigenvalue weighted by atomic mass is 16.6. The Balaban J connectivity index is 1.67. The Morgan fingerprint density at radius 1 is 1.21 bits per heavy atom. The summed E-state index contributed by atoms with van der Waals surface area (Å²) in [5, 5.41) is 2.81. The second kappa shape index (κ2) is 6.81. The number of nitrogens with zero attached hydrogens (tertiary/aromatic N) is 1. The maximum absolute atomic E-state index is 12.4. The van der Waals surface area contributed by atoms with E-state index >= 15 is 0 Å². The average Bonchev–Trinajstić information content (AvgIpc) is 2.82. The smallest absolute Gasteiger partial charge is 0.408 e. The van der Waals surface area contributed by atoms with Gasteiger partial charge in [0.1, 0.15) is 12.1 Å². The number of benzene rings is 1. The quantitative estimate of drug-likeness (QED) is 0.855. The van der Waals surface area contributed by atoms with Crippen molar-refractivity contribution >= 4 is 12.1 Å². The Kier molecular flexibility index (Phi) is 4.76. The fraction of sp³-hybridized carbons (Fsp3) is 0.556. The number of alkyl carbamates (subject to hydrolysis) is 1. The molecule has 2 atom stereocenters. The summed E-state index contributed by atoms with van der Waals surface area (Å²) < 4.78 is 10.3. The molecule has 1 N–H and O–H groups in total. The number of hydrogen-bond donors (Lipinski definition) is 1. The van der Waals surface area contributed by atoms with E-state index in [1.807, 2.05) is 30.3 Å². The number of nitrogens with one attached hydrogen (secondary N) is 1. The summed E-state index contributed by atoms with van der Waals surface area (Å²) in [6.07, 6.45) is 2.63. The molecule has 2 bridgehead atoms. The van der Waals surface area contributed by atoms with Crippen LogP contribution in [0.1, 0.15) is 31.2 Å². The van der Waals surface area contributed by atoms with Crippen LogP contribution in [0.15, 0.2) is 30.3 Å². The molecule has 0 radical (unpaired) electrons. The van der Waals surface area contributed by atoms with Gasteiger partial charge in [-0.1, -0.05) is 30.3 Å². The second-order valence-electron chi connectivity index (χ2n) is 6.72. The van der Waals surface area contributed by atoms with Crippen molar-refractivity contribution in [2.45, 2.75) is 49.9 Å². The van der Waals surface area contributed by atoms with Crippen LogP contribution in [-0.2, 0) is 20.9 Å². The summed E-state index contributed by atoms with van der Waals surface area (Å²) in [7, 11) is 3.44. The van der Waals surface area contributed by atoms with Crippen molar-refractivity contribution in [3.63, 3.8) is 0 Å². The summed E-state index contributed by atoms with van der Waals surface area (Å²) in [6, 6.07) is 10.0. The number of ether oxygens (including phenoxy) is 2. The van der Waals surface area contributed by atoms with E-state index < -0.39 is 11.6 Å². The molecule has 1 amide bonds. The number of piperidine rings is 1. The fourth-order valence-corrected chi connectivity index (χ4v) is 3.94. The van der Waals surface area contributed by atoms with Crippen LogP contribution in [0.2, 0.25) is 0 Å². The number of hydrogen-bond acceptors (Lipinski definition) is 5. The molecule has 0 aliphatic carbocycles. The van der Waals surface area contributed by atoms with Crippen molar-refractivity contribution in [1.82, 2.24) is 10.2 Å². The summed E-state index contributed by atoms with van der Waals surface area (Å²) >= 11 is 0. The summed E-state index contributed by atoms with van der Waals surface area (Å²) in [4.78, 5) is 27.0. The van der Waals surface area contributed by atoms with Gasteiger partial charge in [-0.25, -0.2) is 9.59 Å². The lowest BCUT2D eigenvalue weighted by Gasteiger charge is -2.43. The van der Waals surface area contributed by atoms with Crippen LogP contribution < -0.4 is 5.32 Å². The molecule has 2 saturated heterocycles. The first-order chi connectivity index (χ1) is 11.5. The van der Waals surface area contributed by atoms with Gasteiger partial charge in [-0.15, -0.1) is 0 Å². The third kappa shape index (κ3) is 3.24.